The Bertz CT molecular complexity index is 588. The highest BCUT2D eigenvalue weighted by Crippen LogP contribution is 2.36. The molecule has 1 saturated heterocycles. The minimum atomic E-state index is -0.0305. The molecule has 6 nitrogen and oxygen atoms in total. The van der Waals surface area contributed by atoms with Crippen LogP contribution in [0.15, 0.2) is 16.6 Å². The normalized spacial score (nSPS) is 15.1. The molecule has 1 aliphatic rings. The first-order valence-corrected chi connectivity index (χ1v) is 8.70. The van der Waals surface area contributed by atoms with Gasteiger partial charge in [0, 0.05) is 32.1 Å². The van der Waals surface area contributed by atoms with Crippen molar-refractivity contribution in [2.24, 2.45) is 5.92 Å². The van der Waals surface area contributed by atoms with E-state index in [1.165, 1.54) is 6.92 Å². The molecule has 2 rings (SSSR count). The van der Waals surface area contributed by atoms with E-state index in [-0.39, 0.29) is 11.8 Å². The number of carbonyl (C=O) groups is 2. The molecule has 1 aliphatic heterocycles. The topological polar surface area (TPSA) is 67.9 Å². The van der Waals surface area contributed by atoms with Crippen LogP contribution in [0.4, 0.5) is 0 Å². The summed E-state index contributed by atoms with van der Waals surface area (Å²) in [6.45, 7) is 3.57. The fourth-order valence-electron chi connectivity index (χ4n) is 2.80. The summed E-state index contributed by atoms with van der Waals surface area (Å²) in [5.41, 5.74) is 0.548. The van der Waals surface area contributed by atoms with Crippen LogP contribution in [0.3, 0.4) is 0 Å². The molecule has 24 heavy (non-hydrogen) atoms. The Hall–Kier alpha value is -1.76. The lowest BCUT2D eigenvalue weighted by Gasteiger charge is -2.32. The van der Waals surface area contributed by atoms with Gasteiger partial charge in [-0.15, -0.1) is 0 Å². The van der Waals surface area contributed by atoms with Gasteiger partial charge in [0.15, 0.2) is 0 Å². The van der Waals surface area contributed by atoms with E-state index >= 15 is 0 Å². The van der Waals surface area contributed by atoms with Crippen molar-refractivity contribution in [1.29, 1.82) is 0 Å². The molecule has 2 amide bonds. The summed E-state index contributed by atoms with van der Waals surface area (Å²) in [4.78, 5) is 25.6. The number of benzene rings is 1. The number of rotatable bonds is 5. The summed E-state index contributed by atoms with van der Waals surface area (Å²) in [6, 6.07) is 3.44. The maximum atomic E-state index is 12.7. The first-order chi connectivity index (χ1) is 11.5. The molecule has 1 fully saturated rings. The van der Waals surface area contributed by atoms with Crippen LogP contribution in [0.5, 0.6) is 11.5 Å². The van der Waals surface area contributed by atoms with Crippen molar-refractivity contribution in [3.05, 3.63) is 22.2 Å². The number of amides is 2. The Morgan fingerprint density at radius 3 is 2.21 bits per heavy atom. The SMILES string of the molecule is COc1cc(C(=O)N2CCC(CNC(C)=O)CC2)cc(OC)c1Br. The van der Waals surface area contributed by atoms with E-state index in [2.05, 4.69) is 21.2 Å². The van der Waals surface area contributed by atoms with Gasteiger partial charge in [0.2, 0.25) is 5.91 Å². The summed E-state index contributed by atoms with van der Waals surface area (Å²) < 4.78 is 11.3. The highest BCUT2D eigenvalue weighted by molar-refractivity contribution is 9.10. The fraction of sp³-hybridized carbons (Fsp3) is 0.529. The number of halogens is 1. The molecule has 7 heteroatoms. The molecule has 1 heterocycles. The standard InChI is InChI=1S/C17H23BrN2O4/c1-11(21)19-10-12-4-6-20(7-5-12)17(22)13-8-14(23-2)16(18)15(9-13)24-3/h8-9,12H,4-7,10H2,1-3H3,(H,19,21). The van der Waals surface area contributed by atoms with Crippen molar-refractivity contribution in [3.8, 4) is 11.5 Å². The van der Waals surface area contributed by atoms with Crippen LogP contribution in [-0.2, 0) is 4.79 Å². The van der Waals surface area contributed by atoms with Gasteiger partial charge < -0.3 is 19.7 Å². The van der Waals surface area contributed by atoms with Gasteiger partial charge in [-0.2, -0.15) is 0 Å². The van der Waals surface area contributed by atoms with Gasteiger partial charge in [0.1, 0.15) is 16.0 Å². The van der Waals surface area contributed by atoms with E-state index in [4.69, 9.17) is 9.47 Å². The van der Waals surface area contributed by atoms with Gasteiger partial charge in [-0.25, -0.2) is 0 Å². The zero-order valence-electron chi connectivity index (χ0n) is 14.2. The zero-order chi connectivity index (χ0) is 17.7. The first kappa shape index (κ1) is 18.6. The third kappa shape index (κ3) is 4.41. The minimum absolute atomic E-state index is 0.0115. The first-order valence-electron chi connectivity index (χ1n) is 7.91. The number of ether oxygens (including phenoxy) is 2. The van der Waals surface area contributed by atoms with Crippen molar-refractivity contribution < 1.29 is 19.1 Å². The van der Waals surface area contributed by atoms with Crippen molar-refractivity contribution in [2.75, 3.05) is 33.9 Å². The second-order valence-electron chi connectivity index (χ2n) is 5.87. The number of hydrogen-bond donors (Lipinski definition) is 1. The van der Waals surface area contributed by atoms with Crippen LogP contribution >= 0.6 is 15.9 Å². The monoisotopic (exact) mass is 398 g/mol. The number of nitrogens with zero attached hydrogens (tertiary/aromatic N) is 1. The average Bonchev–Trinajstić information content (AvgIpc) is 2.60. The molecule has 0 saturated carbocycles. The van der Waals surface area contributed by atoms with Crippen molar-refractivity contribution in [1.82, 2.24) is 10.2 Å². The van der Waals surface area contributed by atoms with Gasteiger partial charge in [-0.3, -0.25) is 9.59 Å². The van der Waals surface area contributed by atoms with Crippen molar-refractivity contribution in [2.45, 2.75) is 19.8 Å². The molecule has 1 N–H and O–H groups in total. The Morgan fingerprint density at radius 2 is 1.75 bits per heavy atom. The van der Waals surface area contributed by atoms with Crippen molar-refractivity contribution in [3.63, 3.8) is 0 Å². The van der Waals surface area contributed by atoms with E-state index in [9.17, 15) is 9.59 Å². The van der Waals surface area contributed by atoms with E-state index in [0.29, 0.717) is 47.1 Å². The lowest BCUT2D eigenvalue weighted by molar-refractivity contribution is -0.119. The van der Waals surface area contributed by atoms with Crippen LogP contribution < -0.4 is 14.8 Å². The summed E-state index contributed by atoms with van der Waals surface area (Å²) in [5, 5.41) is 2.85. The lowest BCUT2D eigenvalue weighted by Crippen LogP contribution is -2.41. The van der Waals surface area contributed by atoms with Crippen LogP contribution in [0.2, 0.25) is 0 Å². The third-order valence-corrected chi connectivity index (χ3v) is 5.02. The van der Waals surface area contributed by atoms with E-state index in [0.717, 1.165) is 12.8 Å². The van der Waals surface area contributed by atoms with Gasteiger partial charge >= 0.3 is 0 Å². The maximum Gasteiger partial charge on any atom is 0.254 e. The number of piperidine rings is 1. The lowest BCUT2D eigenvalue weighted by atomic mass is 9.96. The van der Waals surface area contributed by atoms with E-state index in [1.807, 2.05) is 4.90 Å². The maximum absolute atomic E-state index is 12.7. The Balaban J connectivity index is 2.04. The molecule has 1 aromatic rings. The van der Waals surface area contributed by atoms with Crippen LogP contribution in [-0.4, -0.2) is 50.6 Å². The second kappa shape index (κ2) is 8.37. The molecule has 0 unspecified atom stereocenters. The third-order valence-electron chi connectivity index (χ3n) is 4.23. The number of likely N-dealkylation sites (tertiary alicyclic amines) is 1. The number of carbonyl (C=O) groups excluding carboxylic acids is 2. The van der Waals surface area contributed by atoms with Gasteiger partial charge in [-0.05, 0) is 46.8 Å². The molecule has 132 valence electrons. The summed E-state index contributed by atoms with van der Waals surface area (Å²) in [7, 11) is 3.11. The molecule has 0 atom stereocenters. The van der Waals surface area contributed by atoms with Gasteiger partial charge in [0.05, 0.1) is 14.2 Å². The zero-order valence-corrected chi connectivity index (χ0v) is 15.8. The van der Waals surface area contributed by atoms with Crippen LogP contribution in [0.25, 0.3) is 0 Å². The number of nitrogens with one attached hydrogen (secondary N) is 1. The second-order valence-corrected chi connectivity index (χ2v) is 6.66. The smallest absolute Gasteiger partial charge is 0.254 e. The molecular weight excluding hydrogens is 376 g/mol. The molecule has 0 bridgehead atoms. The summed E-state index contributed by atoms with van der Waals surface area (Å²) in [5.74, 6) is 1.52. The molecule has 0 radical (unpaired) electrons. The quantitative estimate of drug-likeness (QED) is 0.826. The minimum Gasteiger partial charge on any atom is -0.495 e. The highest BCUT2D eigenvalue weighted by Gasteiger charge is 2.25. The van der Waals surface area contributed by atoms with Crippen LogP contribution in [0.1, 0.15) is 30.1 Å². The predicted molar refractivity (Wildman–Crippen MR) is 94.6 cm³/mol. The highest BCUT2D eigenvalue weighted by atomic mass is 79.9. The Morgan fingerprint density at radius 1 is 1.21 bits per heavy atom. The van der Waals surface area contributed by atoms with E-state index in [1.54, 1.807) is 26.4 Å². The van der Waals surface area contributed by atoms with Crippen molar-refractivity contribution >= 4 is 27.7 Å². The fourth-order valence-corrected chi connectivity index (χ4v) is 3.36. The molecule has 0 spiro atoms. The molecular formula is C17H23BrN2O4. The summed E-state index contributed by atoms with van der Waals surface area (Å²) >= 11 is 3.41. The Kier molecular flexibility index (Phi) is 6.48. The molecule has 0 aliphatic carbocycles. The number of methoxy groups -OCH3 is 2. The van der Waals surface area contributed by atoms with E-state index < -0.39 is 0 Å². The Labute approximate surface area is 150 Å². The predicted octanol–water partition coefficient (Wildman–Crippen LogP) is 2.45. The number of hydrogen-bond acceptors (Lipinski definition) is 4. The van der Waals surface area contributed by atoms with Crippen LogP contribution in [0, 0.1) is 5.92 Å². The van der Waals surface area contributed by atoms with Gasteiger partial charge in [-0.1, -0.05) is 0 Å². The van der Waals surface area contributed by atoms with Gasteiger partial charge in [0.25, 0.3) is 5.91 Å². The molecule has 0 aromatic heterocycles. The average molecular weight is 399 g/mol. The largest absolute Gasteiger partial charge is 0.495 e. The summed E-state index contributed by atoms with van der Waals surface area (Å²) in [6.07, 6.45) is 1.77. The molecule has 1 aromatic carbocycles.